The lowest BCUT2D eigenvalue weighted by molar-refractivity contribution is 0.0851. The lowest BCUT2D eigenvalue weighted by Crippen LogP contribution is -2.44. The predicted molar refractivity (Wildman–Crippen MR) is 123 cm³/mol. The van der Waals surface area contributed by atoms with Gasteiger partial charge in [-0.25, -0.2) is 4.79 Å². The normalized spacial score (nSPS) is 15.9. The number of piperidine rings is 1. The zero-order valence-corrected chi connectivity index (χ0v) is 17.6. The van der Waals surface area contributed by atoms with Crippen molar-refractivity contribution in [2.45, 2.75) is 12.8 Å². The summed E-state index contributed by atoms with van der Waals surface area (Å²) in [6.07, 6.45) is 1.59. The Kier molecular flexibility index (Phi) is 6.32. The lowest BCUT2D eigenvalue weighted by Gasteiger charge is -2.32. The minimum atomic E-state index is -0.207. The van der Waals surface area contributed by atoms with Crippen LogP contribution >= 0.6 is 0 Å². The molecule has 5 heteroatoms. The van der Waals surface area contributed by atoms with E-state index in [2.05, 4.69) is 17.4 Å². The Hall–Kier alpha value is -3.60. The molecule has 0 aliphatic carbocycles. The number of para-hydroxylation sites is 2. The summed E-state index contributed by atoms with van der Waals surface area (Å²) < 4.78 is 5.30. The van der Waals surface area contributed by atoms with Gasteiger partial charge in [-0.2, -0.15) is 0 Å². The van der Waals surface area contributed by atoms with Gasteiger partial charge >= 0.3 is 6.03 Å². The summed E-state index contributed by atoms with van der Waals surface area (Å²) in [7, 11) is 1.57. The summed E-state index contributed by atoms with van der Waals surface area (Å²) in [5.74, 6) is 0.508. The second-order valence-corrected chi connectivity index (χ2v) is 7.72. The van der Waals surface area contributed by atoms with Crippen LogP contribution in [0.2, 0.25) is 0 Å². The Morgan fingerprint density at radius 3 is 2.32 bits per heavy atom. The molecule has 31 heavy (non-hydrogen) atoms. The molecule has 2 amide bonds. The van der Waals surface area contributed by atoms with Crippen LogP contribution in [0, 0.1) is 5.92 Å². The molecule has 1 aliphatic heterocycles. The molecule has 0 radical (unpaired) electrons. The van der Waals surface area contributed by atoms with Crippen LogP contribution < -0.4 is 10.1 Å². The van der Waals surface area contributed by atoms with Gasteiger partial charge in [0.15, 0.2) is 5.78 Å². The van der Waals surface area contributed by atoms with Gasteiger partial charge < -0.3 is 15.0 Å². The topological polar surface area (TPSA) is 58.6 Å². The fourth-order valence-electron chi connectivity index (χ4n) is 4.01. The van der Waals surface area contributed by atoms with Crippen LogP contribution in [0.3, 0.4) is 0 Å². The van der Waals surface area contributed by atoms with E-state index >= 15 is 0 Å². The lowest BCUT2D eigenvalue weighted by atomic mass is 9.89. The van der Waals surface area contributed by atoms with E-state index in [0.717, 1.165) is 24.0 Å². The van der Waals surface area contributed by atoms with Gasteiger partial charge in [-0.1, -0.05) is 66.7 Å². The minimum Gasteiger partial charge on any atom is -0.495 e. The highest BCUT2D eigenvalue weighted by Crippen LogP contribution is 2.26. The number of ketones is 1. The van der Waals surface area contributed by atoms with Crippen molar-refractivity contribution in [3.63, 3.8) is 0 Å². The van der Waals surface area contributed by atoms with E-state index in [4.69, 9.17) is 4.74 Å². The number of methoxy groups -OCH3 is 1. The molecule has 1 fully saturated rings. The summed E-state index contributed by atoms with van der Waals surface area (Å²) in [5.41, 5.74) is 3.52. The van der Waals surface area contributed by atoms with Crippen molar-refractivity contribution in [3.8, 4) is 16.9 Å². The molecule has 0 spiro atoms. The van der Waals surface area contributed by atoms with E-state index < -0.39 is 0 Å². The second-order valence-electron chi connectivity index (χ2n) is 7.72. The van der Waals surface area contributed by atoms with Crippen LogP contribution in [0.15, 0.2) is 78.9 Å². The number of carbonyl (C=O) groups excluding carboxylic acids is 2. The number of urea groups is 1. The number of hydrogen-bond donors (Lipinski definition) is 1. The van der Waals surface area contributed by atoms with Crippen molar-refractivity contribution in [1.29, 1.82) is 0 Å². The minimum absolute atomic E-state index is 0.0920. The summed E-state index contributed by atoms with van der Waals surface area (Å²) in [6, 6.07) is 24.9. The first kappa shape index (κ1) is 20.7. The Labute approximate surface area is 182 Å². The van der Waals surface area contributed by atoms with Crippen LogP contribution in [-0.2, 0) is 0 Å². The third-order valence-electron chi connectivity index (χ3n) is 5.70. The van der Waals surface area contributed by atoms with Crippen molar-refractivity contribution in [3.05, 3.63) is 84.4 Å². The smallest absolute Gasteiger partial charge is 0.321 e. The molecule has 0 aromatic heterocycles. The molecule has 1 saturated heterocycles. The van der Waals surface area contributed by atoms with Gasteiger partial charge in [-0.15, -0.1) is 0 Å². The fraction of sp³-hybridized carbons (Fsp3) is 0.231. The summed E-state index contributed by atoms with van der Waals surface area (Å²) in [4.78, 5) is 27.6. The van der Waals surface area contributed by atoms with E-state index in [1.807, 2.05) is 54.6 Å². The average molecular weight is 415 g/mol. The number of anilines is 1. The molecule has 1 aliphatic rings. The number of Topliss-reactive ketones (excluding diaryl/α,β-unsaturated/α-hetero) is 1. The number of nitrogens with one attached hydrogen (secondary N) is 1. The summed E-state index contributed by atoms with van der Waals surface area (Å²) >= 11 is 0. The van der Waals surface area contributed by atoms with E-state index in [1.54, 1.807) is 24.1 Å². The van der Waals surface area contributed by atoms with E-state index in [-0.39, 0.29) is 17.7 Å². The van der Waals surface area contributed by atoms with Crippen molar-refractivity contribution in [2.24, 2.45) is 5.92 Å². The maximum atomic E-state index is 13.1. The van der Waals surface area contributed by atoms with Gasteiger partial charge in [0.25, 0.3) is 0 Å². The van der Waals surface area contributed by atoms with Crippen molar-refractivity contribution < 1.29 is 14.3 Å². The maximum Gasteiger partial charge on any atom is 0.321 e. The van der Waals surface area contributed by atoms with Crippen LogP contribution in [0.4, 0.5) is 10.5 Å². The molecule has 5 nitrogen and oxygen atoms in total. The number of amides is 2. The molecule has 0 unspecified atom stereocenters. The molecule has 1 atom stereocenters. The zero-order chi connectivity index (χ0) is 21.6. The monoisotopic (exact) mass is 414 g/mol. The first-order valence-electron chi connectivity index (χ1n) is 10.5. The summed E-state index contributed by atoms with van der Waals surface area (Å²) in [6.45, 7) is 1.05. The van der Waals surface area contributed by atoms with Gasteiger partial charge in [0.1, 0.15) is 5.75 Å². The molecule has 3 aromatic rings. The van der Waals surface area contributed by atoms with Gasteiger partial charge in [0, 0.05) is 24.6 Å². The quantitative estimate of drug-likeness (QED) is 0.562. The Morgan fingerprint density at radius 2 is 1.58 bits per heavy atom. The van der Waals surface area contributed by atoms with Gasteiger partial charge in [-0.3, -0.25) is 4.79 Å². The first-order chi connectivity index (χ1) is 15.2. The molecule has 0 bridgehead atoms. The number of hydrogen-bond acceptors (Lipinski definition) is 3. The first-order valence-corrected chi connectivity index (χ1v) is 10.5. The number of ether oxygens (including phenoxy) is 1. The molecule has 4 rings (SSSR count). The van der Waals surface area contributed by atoms with Crippen molar-refractivity contribution in [1.82, 2.24) is 4.90 Å². The molecular weight excluding hydrogens is 388 g/mol. The largest absolute Gasteiger partial charge is 0.495 e. The van der Waals surface area contributed by atoms with E-state index in [9.17, 15) is 9.59 Å². The van der Waals surface area contributed by atoms with Gasteiger partial charge in [-0.05, 0) is 36.1 Å². The van der Waals surface area contributed by atoms with Crippen molar-refractivity contribution in [2.75, 3.05) is 25.5 Å². The number of carbonyl (C=O) groups is 2. The van der Waals surface area contributed by atoms with Crippen molar-refractivity contribution >= 4 is 17.5 Å². The number of benzene rings is 3. The fourth-order valence-corrected chi connectivity index (χ4v) is 4.01. The molecular formula is C26H26N2O3. The zero-order valence-electron chi connectivity index (χ0n) is 17.6. The second kappa shape index (κ2) is 9.47. The average Bonchev–Trinajstić information content (AvgIpc) is 2.84. The van der Waals surface area contributed by atoms with Gasteiger partial charge in [0.05, 0.1) is 12.8 Å². The van der Waals surface area contributed by atoms with Crippen LogP contribution in [0.1, 0.15) is 23.2 Å². The van der Waals surface area contributed by atoms with Crippen LogP contribution in [0.5, 0.6) is 5.75 Å². The Balaban J connectivity index is 1.42. The van der Waals surface area contributed by atoms with E-state index in [0.29, 0.717) is 30.1 Å². The highest BCUT2D eigenvalue weighted by molar-refractivity contribution is 5.99. The molecule has 158 valence electrons. The molecule has 1 heterocycles. The third kappa shape index (κ3) is 4.77. The number of rotatable bonds is 5. The third-order valence-corrected chi connectivity index (χ3v) is 5.70. The molecule has 0 saturated carbocycles. The SMILES string of the molecule is COc1ccccc1NC(=O)N1CCC[C@H](C(=O)c2ccc(-c3ccccc3)cc2)C1. The van der Waals surface area contributed by atoms with E-state index in [1.165, 1.54) is 0 Å². The molecule has 3 aromatic carbocycles. The van der Waals surface area contributed by atoms with Crippen LogP contribution in [0.25, 0.3) is 11.1 Å². The molecule has 1 N–H and O–H groups in total. The highest BCUT2D eigenvalue weighted by atomic mass is 16.5. The number of likely N-dealkylation sites (tertiary alicyclic amines) is 1. The van der Waals surface area contributed by atoms with Crippen LogP contribution in [-0.4, -0.2) is 36.9 Å². The predicted octanol–water partition coefficient (Wildman–Crippen LogP) is 5.49. The standard InChI is InChI=1S/C26H26N2O3/c1-31-24-12-6-5-11-23(24)27-26(30)28-17-7-10-22(18-28)25(29)21-15-13-20(14-16-21)19-8-3-2-4-9-19/h2-6,8-9,11-16,22H,7,10,17-18H2,1H3,(H,27,30)/t22-/m0/s1. The van der Waals surface area contributed by atoms with Gasteiger partial charge in [0.2, 0.25) is 0 Å². The summed E-state index contributed by atoms with van der Waals surface area (Å²) in [5, 5.41) is 2.91. The maximum absolute atomic E-state index is 13.1. The highest BCUT2D eigenvalue weighted by Gasteiger charge is 2.29. The number of nitrogens with zero attached hydrogens (tertiary/aromatic N) is 1. The Morgan fingerprint density at radius 1 is 0.903 bits per heavy atom. The Bertz CT molecular complexity index is 1050.